The smallest absolute Gasteiger partial charge is 0.251 e. The van der Waals surface area contributed by atoms with Crippen LogP contribution in [0.5, 0.6) is 11.6 Å². The van der Waals surface area contributed by atoms with E-state index >= 15 is 0 Å². The molecule has 0 aliphatic carbocycles. The summed E-state index contributed by atoms with van der Waals surface area (Å²) in [6.45, 7) is 5.92. The highest BCUT2D eigenvalue weighted by molar-refractivity contribution is 5.94. The van der Waals surface area contributed by atoms with Gasteiger partial charge in [-0.15, -0.1) is 0 Å². The first-order chi connectivity index (χ1) is 13.0. The minimum Gasteiger partial charge on any atom is -0.439 e. The summed E-state index contributed by atoms with van der Waals surface area (Å²) in [6, 6.07) is 7.58. The van der Waals surface area contributed by atoms with E-state index in [1.807, 2.05) is 0 Å². The number of fused-ring (bicyclic) bond motifs is 3. The summed E-state index contributed by atoms with van der Waals surface area (Å²) < 4.78 is 5.64. The largest absolute Gasteiger partial charge is 0.439 e. The van der Waals surface area contributed by atoms with Gasteiger partial charge in [-0.05, 0) is 63.0 Å². The van der Waals surface area contributed by atoms with Crippen LogP contribution in [0.15, 0.2) is 30.5 Å². The normalized spacial score (nSPS) is 26.6. The van der Waals surface area contributed by atoms with Gasteiger partial charge in [0.05, 0.1) is 6.20 Å². The van der Waals surface area contributed by atoms with Crippen molar-refractivity contribution in [2.75, 3.05) is 13.1 Å². The summed E-state index contributed by atoms with van der Waals surface area (Å²) in [7, 11) is 0. The first kappa shape index (κ1) is 17.7. The third-order valence-corrected chi connectivity index (χ3v) is 5.71. The Kier molecular flexibility index (Phi) is 4.70. The van der Waals surface area contributed by atoms with E-state index in [9.17, 15) is 9.59 Å². The van der Waals surface area contributed by atoms with Crippen LogP contribution < -0.4 is 10.1 Å². The summed E-state index contributed by atoms with van der Waals surface area (Å²) in [5.74, 6) is 1.59. The van der Waals surface area contributed by atoms with Gasteiger partial charge in [-0.2, -0.15) is 0 Å². The van der Waals surface area contributed by atoms with Crippen molar-refractivity contribution in [2.45, 2.75) is 38.8 Å². The van der Waals surface area contributed by atoms with Gasteiger partial charge in [0.15, 0.2) is 11.6 Å². The second-order valence-corrected chi connectivity index (χ2v) is 7.39. The van der Waals surface area contributed by atoms with Gasteiger partial charge in [-0.1, -0.05) is 0 Å². The Labute approximate surface area is 158 Å². The van der Waals surface area contributed by atoms with Crippen molar-refractivity contribution in [1.29, 1.82) is 0 Å². The molecule has 3 fully saturated rings. The number of benzene rings is 1. The van der Waals surface area contributed by atoms with Crippen molar-refractivity contribution < 1.29 is 14.3 Å². The molecule has 3 aliphatic rings. The Balaban J connectivity index is 1.39. The van der Waals surface area contributed by atoms with E-state index in [1.165, 1.54) is 13.1 Å². The molecule has 1 aromatic carbocycles. The number of aromatic nitrogens is 2. The molecule has 0 saturated carbocycles. The molecule has 5 rings (SSSR count). The van der Waals surface area contributed by atoms with Gasteiger partial charge < -0.3 is 15.0 Å². The maximum Gasteiger partial charge on any atom is 0.251 e. The lowest BCUT2D eigenvalue weighted by atomic mass is 9.79. The number of imidazole rings is 1. The van der Waals surface area contributed by atoms with Crippen LogP contribution in [0.4, 0.5) is 0 Å². The SMILES string of the molecule is CC(=O)c1ncc(Oc2ccc(C(=O)N[C@@H]3C4CCN(CC4)[C@H]3C)cc2)[nH]1. The lowest BCUT2D eigenvalue weighted by Gasteiger charge is -2.49. The molecule has 3 saturated heterocycles. The number of nitrogens with one attached hydrogen (secondary N) is 2. The first-order valence-electron chi connectivity index (χ1n) is 9.40. The Hall–Kier alpha value is -2.67. The number of H-pyrrole nitrogens is 1. The fourth-order valence-electron chi connectivity index (χ4n) is 4.12. The summed E-state index contributed by atoms with van der Waals surface area (Å²) in [6.07, 6.45) is 3.79. The Morgan fingerprint density at radius 2 is 1.93 bits per heavy atom. The molecule has 0 spiro atoms. The molecule has 27 heavy (non-hydrogen) atoms. The Morgan fingerprint density at radius 3 is 2.52 bits per heavy atom. The van der Waals surface area contributed by atoms with E-state index in [-0.39, 0.29) is 23.6 Å². The number of carbonyl (C=O) groups is 2. The number of hydrogen-bond donors (Lipinski definition) is 2. The lowest BCUT2D eigenvalue weighted by molar-refractivity contribution is 0.0217. The molecule has 1 amide bonds. The molecule has 0 radical (unpaired) electrons. The van der Waals surface area contributed by atoms with Gasteiger partial charge in [0, 0.05) is 24.6 Å². The van der Waals surface area contributed by atoms with Gasteiger partial charge >= 0.3 is 0 Å². The molecule has 2 atom stereocenters. The number of aromatic amines is 1. The molecule has 2 N–H and O–H groups in total. The lowest BCUT2D eigenvalue weighted by Crippen LogP contribution is -2.62. The van der Waals surface area contributed by atoms with Crippen LogP contribution in [0.3, 0.4) is 0 Å². The summed E-state index contributed by atoms with van der Waals surface area (Å²) >= 11 is 0. The van der Waals surface area contributed by atoms with E-state index in [1.54, 1.807) is 24.3 Å². The summed E-state index contributed by atoms with van der Waals surface area (Å²) in [4.78, 5) is 33.1. The van der Waals surface area contributed by atoms with Crippen molar-refractivity contribution in [1.82, 2.24) is 20.2 Å². The molecule has 2 bridgehead atoms. The van der Waals surface area contributed by atoms with Crippen molar-refractivity contribution in [3.05, 3.63) is 41.9 Å². The molecule has 4 heterocycles. The predicted molar refractivity (Wildman–Crippen MR) is 100 cm³/mol. The zero-order chi connectivity index (χ0) is 19.0. The third-order valence-electron chi connectivity index (χ3n) is 5.71. The van der Waals surface area contributed by atoms with Crippen LogP contribution in [0.2, 0.25) is 0 Å². The van der Waals surface area contributed by atoms with E-state index in [2.05, 4.69) is 27.1 Å². The maximum atomic E-state index is 12.7. The average Bonchev–Trinajstić information content (AvgIpc) is 3.14. The van der Waals surface area contributed by atoms with E-state index in [0.717, 1.165) is 25.9 Å². The van der Waals surface area contributed by atoms with Gasteiger partial charge in [0.25, 0.3) is 5.91 Å². The molecular formula is C20H24N4O3. The fraction of sp³-hybridized carbons (Fsp3) is 0.450. The van der Waals surface area contributed by atoms with Crippen LogP contribution >= 0.6 is 0 Å². The molecule has 3 aliphatic heterocycles. The molecule has 7 nitrogen and oxygen atoms in total. The Bertz CT molecular complexity index is 835. The average molecular weight is 368 g/mol. The van der Waals surface area contributed by atoms with Gasteiger partial charge in [0.2, 0.25) is 5.88 Å². The summed E-state index contributed by atoms with van der Waals surface area (Å²) in [5.41, 5.74) is 0.611. The van der Waals surface area contributed by atoms with E-state index < -0.39 is 0 Å². The van der Waals surface area contributed by atoms with Crippen LogP contribution in [0.1, 0.15) is 47.7 Å². The van der Waals surface area contributed by atoms with Crippen LogP contribution in [0.25, 0.3) is 0 Å². The summed E-state index contributed by atoms with van der Waals surface area (Å²) in [5, 5.41) is 3.23. The van der Waals surface area contributed by atoms with Crippen LogP contribution in [-0.4, -0.2) is 51.7 Å². The topological polar surface area (TPSA) is 87.3 Å². The predicted octanol–water partition coefficient (Wildman–Crippen LogP) is 2.62. The number of hydrogen-bond acceptors (Lipinski definition) is 5. The van der Waals surface area contributed by atoms with Crippen molar-refractivity contribution >= 4 is 11.7 Å². The fourth-order valence-corrected chi connectivity index (χ4v) is 4.12. The van der Waals surface area contributed by atoms with Gasteiger partial charge in [-0.3, -0.25) is 14.5 Å². The quantitative estimate of drug-likeness (QED) is 0.792. The number of carbonyl (C=O) groups excluding carboxylic acids is 2. The molecule has 142 valence electrons. The molecule has 0 unspecified atom stereocenters. The third kappa shape index (κ3) is 3.60. The molecule has 1 aromatic heterocycles. The number of rotatable bonds is 5. The number of nitrogens with zero attached hydrogens (tertiary/aromatic N) is 2. The Morgan fingerprint density at radius 1 is 1.22 bits per heavy atom. The molecule has 7 heteroatoms. The minimum absolute atomic E-state index is 0.0486. The highest BCUT2D eigenvalue weighted by Crippen LogP contribution is 2.32. The molecule has 2 aromatic rings. The van der Waals surface area contributed by atoms with Crippen LogP contribution in [-0.2, 0) is 0 Å². The van der Waals surface area contributed by atoms with Crippen LogP contribution in [0, 0.1) is 5.92 Å². The van der Waals surface area contributed by atoms with E-state index in [0.29, 0.717) is 29.2 Å². The number of amides is 1. The monoisotopic (exact) mass is 368 g/mol. The number of ketones is 1. The second-order valence-electron chi connectivity index (χ2n) is 7.39. The standard InChI is InChI=1S/C20H24N4O3/c1-12-18(14-7-9-24(12)10-8-14)23-20(26)15-3-5-16(6-4-15)27-17-11-21-19(22-17)13(2)25/h3-6,11-12,14,18H,7-10H2,1-2H3,(H,21,22)(H,23,26)/t12-,18-/m0/s1. The van der Waals surface area contributed by atoms with E-state index in [4.69, 9.17) is 4.74 Å². The minimum atomic E-state index is -0.154. The van der Waals surface area contributed by atoms with Crippen molar-refractivity contribution in [2.24, 2.45) is 5.92 Å². The van der Waals surface area contributed by atoms with Crippen molar-refractivity contribution in [3.8, 4) is 11.6 Å². The highest BCUT2D eigenvalue weighted by atomic mass is 16.5. The maximum absolute atomic E-state index is 12.7. The van der Waals surface area contributed by atoms with Crippen molar-refractivity contribution in [3.63, 3.8) is 0 Å². The second kappa shape index (κ2) is 7.15. The van der Waals surface area contributed by atoms with Gasteiger partial charge in [0.1, 0.15) is 5.75 Å². The zero-order valence-corrected chi connectivity index (χ0v) is 15.6. The zero-order valence-electron chi connectivity index (χ0n) is 15.6. The highest BCUT2D eigenvalue weighted by Gasteiger charge is 2.40. The number of piperidine rings is 3. The number of ether oxygens (including phenoxy) is 1. The first-order valence-corrected chi connectivity index (χ1v) is 9.40. The molecular weight excluding hydrogens is 344 g/mol. The van der Waals surface area contributed by atoms with Gasteiger partial charge in [-0.25, -0.2) is 4.98 Å². The number of Topliss-reactive ketones (excluding diaryl/α,β-unsaturated/α-hetero) is 1.